The Morgan fingerprint density at radius 1 is 1.04 bits per heavy atom. The lowest BCUT2D eigenvalue weighted by atomic mass is 10.1. The molecule has 136 valence electrons. The van der Waals surface area contributed by atoms with Crippen LogP contribution >= 0.6 is 11.6 Å². The van der Waals surface area contributed by atoms with E-state index in [4.69, 9.17) is 11.6 Å². The molecule has 6 nitrogen and oxygen atoms in total. The molecule has 7 heteroatoms. The molecule has 1 N–H and O–H groups in total. The number of rotatable bonds is 4. The molecule has 1 fully saturated rings. The van der Waals surface area contributed by atoms with Crippen molar-refractivity contribution in [2.24, 2.45) is 0 Å². The van der Waals surface area contributed by atoms with E-state index in [9.17, 15) is 14.9 Å². The third kappa shape index (κ3) is 4.32. The predicted molar refractivity (Wildman–Crippen MR) is 103 cm³/mol. The highest BCUT2D eigenvalue weighted by molar-refractivity contribution is 6.31. The summed E-state index contributed by atoms with van der Waals surface area (Å²) < 4.78 is 0. The molecule has 2 aromatic rings. The van der Waals surface area contributed by atoms with Gasteiger partial charge in [0.1, 0.15) is 5.56 Å². The number of benzene rings is 2. The second-order valence-electron chi connectivity index (χ2n) is 6.32. The zero-order chi connectivity index (χ0) is 18.5. The largest absolute Gasteiger partial charge is 0.372 e. The van der Waals surface area contributed by atoms with Gasteiger partial charge in [-0.2, -0.15) is 0 Å². The minimum Gasteiger partial charge on any atom is -0.372 e. The first-order valence-corrected chi connectivity index (χ1v) is 9.03. The van der Waals surface area contributed by atoms with Gasteiger partial charge < -0.3 is 10.2 Å². The number of hydrogen-bond donors (Lipinski definition) is 1. The fourth-order valence-corrected chi connectivity index (χ4v) is 3.30. The molecule has 0 unspecified atom stereocenters. The normalized spacial score (nSPS) is 14.6. The van der Waals surface area contributed by atoms with Crippen molar-refractivity contribution in [3.05, 3.63) is 63.2 Å². The minimum absolute atomic E-state index is 0.0176. The smallest absolute Gasteiger partial charge is 0.283 e. The van der Waals surface area contributed by atoms with Crippen LogP contribution in [0.1, 0.15) is 36.0 Å². The maximum absolute atomic E-state index is 12.4. The standard InChI is InChI=1S/C19H20ClN3O3/c20-14-5-10-17(18(13-14)23(25)26)19(24)21-15-6-8-16(9-7-15)22-11-3-1-2-4-12-22/h5-10,13H,1-4,11-12H2,(H,21,24). The Labute approximate surface area is 156 Å². The number of hydrogen-bond acceptors (Lipinski definition) is 4. The van der Waals surface area contributed by atoms with Gasteiger partial charge in [0, 0.05) is 35.6 Å². The molecule has 1 heterocycles. The van der Waals surface area contributed by atoms with Crippen molar-refractivity contribution >= 4 is 34.6 Å². The zero-order valence-corrected chi connectivity index (χ0v) is 15.0. The number of nitrogens with zero attached hydrogens (tertiary/aromatic N) is 2. The number of nitrogens with one attached hydrogen (secondary N) is 1. The monoisotopic (exact) mass is 373 g/mol. The van der Waals surface area contributed by atoms with Gasteiger partial charge in [0.05, 0.1) is 4.92 Å². The first-order chi connectivity index (χ1) is 12.5. The summed E-state index contributed by atoms with van der Waals surface area (Å²) in [6, 6.07) is 11.6. The first-order valence-electron chi connectivity index (χ1n) is 8.65. The lowest BCUT2D eigenvalue weighted by molar-refractivity contribution is -0.385. The predicted octanol–water partition coefficient (Wildman–Crippen LogP) is 4.88. The molecular weight excluding hydrogens is 354 g/mol. The van der Waals surface area contributed by atoms with Crippen LogP contribution in [0.15, 0.2) is 42.5 Å². The molecule has 0 atom stereocenters. The Hall–Kier alpha value is -2.60. The van der Waals surface area contributed by atoms with Crippen LogP contribution < -0.4 is 10.2 Å². The average molecular weight is 374 g/mol. The molecule has 0 aromatic heterocycles. The van der Waals surface area contributed by atoms with Gasteiger partial charge in [0.25, 0.3) is 11.6 Å². The molecule has 0 radical (unpaired) electrons. The van der Waals surface area contributed by atoms with Gasteiger partial charge in [0.15, 0.2) is 0 Å². The van der Waals surface area contributed by atoms with Crippen molar-refractivity contribution in [2.45, 2.75) is 25.7 Å². The topological polar surface area (TPSA) is 75.5 Å². The summed E-state index contributed by atoms with van der Waals surface area (Å²) in [6.07, 6.45) is 4.92. The first kappa shape index (κ1) is 18.2. The molecule has 1 aliphatic rings. The van der Waals surface area contributed by atoms with Crippen LogP contribution in [0.3, 0.4) is 0 Å². The van der Waals surface area contributed by atoms with Gasteiger partial charge in [-0.25, -0.2) is 0 Å². The number of halogens is 1. The fraction of sp³-hybridized carbons (Fsp3) is 0.316. The van der Waals surface area contributed by atoms with Crippen LogP contribution in [0, 0.1) is 10.1 Å². The summed E-state index contributed by atoms with van der Waals surface area (Å²) in [6.45, 7) is 2.09. The van der Waals surface area contributed by atoms with Gasteiger partial charge in [-0.05, 0) is 49.2 Å². The molecule has 26 heavy (non-hydrogen) atoms. The highest BCUT2D eigenvalue weighted by Gasteiger charge is 2.20. The maximum Gasteiger partial charge on any atom is 0.283 e. The Morgan fingerprint density at radius 3 is 2.31 bits per heavy atom. The number of nitro groups is 1. The van der Waals surface area contributed by atoms with Crippen LogP contribution in [0.5, 0.6) is 0 Å². The van der Waals surface area contributed by atoms with Crippen LogP contribution in [0.25, 0.3) is 0 Å². The van der Waals surface area contributed by atoms with E-state index in [2.05, 4.69) is 10.2 Å². The summed E-state index contributed by atoms with van der Waals surface area (Å²) >= 11 is 5.79. The molecular formula is C19H20ClN3O3. The Kier molecular flexibility index (Phi) is 5.73. The van der Waals surface area contributed by atoms with Crippen LogP contribution in [0.2, 0.25) is 5.02 Å². The van der Waals surface area contributed by atoms with E-state index in [1.165, 1.54) is 43.9 Å². The summed E-state index contributed by atoms with van der Waals surface area (Å²) in [5, 5.41) is 14.1. The molecule has 0 bridgehead atoms. The third-order valence-electron chi connectivity index (χ3n) is 4.50. The molecule has 1 aliphatic heterocycles. The molecule has 0 spiro atoms. The van der Waals surface area contributed by atoms with Gasteiger partial charge in [-0.3, -0.25) is 14.9 Å². The van der Waals surface area contributed by atoms with Gasteiger partial charge >= 0.3 is 0 Å². The quantitative estimate of drug-likeness (QED) is 0.612. The van der Waals surface area contributed by atoms with Crippen molar-refractivity contribution < 1.29 is 9.72 Å². The molecule has 3 rings (SSSR count). The van der Waals surface area contributed by atoms with Crippen LogP contribution in [-0.4, -0.2) is 23.9 Å². The molecule has 0 saturated carbocycles. The van der Waals surface area contributed by atoms with Crippen LogP contribution in [-0.2, 0) is 0 Å². The minimum atomic E-state index is -0.608. The van der Waals surface area contributed by atoms with E-state index >= 15 is 0 Å². The maximum atomic E-state index is 12.4. The lowest BCUT2D eigenvalue weighted by Gasteiger charge is -2.22. The number of nitro benzene ring substituents is 1. The van der Waals surface area contributed by atoms with Crippen molar-refractivity contribution in [1.82, 2.24) is 0 Å². The highest BCUT2D eigenvalue weighted by atomic mass is 35.5. The Bertz CT molecular complexity index is 800. The highest BCUT2D eigenvalue weighted by Crippen LogP contribution is 2.25. The van der Waals surface area contributed by atoms with E-state index < -0.39 is 10.8 Å². The van der Waals surface area contributed by atoms with Crippen molar-refractivity contribution in [1.29, 1.82) is 0 Å². The second-order valence-corrected chi connectivity index (χ2v) is 6.76. The van der Waals surface area contributed by atoms with E-state index in [1.54, 1.807) is 0 Å². The lowest BCUT2D eigenvalue weighted by Crippen LogP contribution is -2.23. The number of carbonyl (C=O) groups excluding carboxylic acids is 1. The fourth-order valence-electron chi connectivity index (χ4n) is 3.13. The Morgan fingerprint density at radius 2 is 1.69 bits per heavy atom. The number of carbonyl (C=O) groups is 1. The van der Waals surface area contributed by atoms with Crippen LogP contribution in [0.4, 0.5) is 17.1 Å². The zero-order valence-electron chi connectivity index (χ0n) is 14.3. The third-order valence-corrected chi connectivity index (χ3v) is 4.73. The van der Waals surface area contributed by atoms with Crippen molar-refractivity contribution in [3.63, 3.8) is 0 Å². The van der Waals surface area contributed by atoms with Crippen molar-refractivity contribution in [3.8, 4) is 0 Å². The Balaban J connectivity index is 1.73. The van der Waals surface area contributed by atoms with Crippen molar-refractivity contribution in [2.75, 3.05) is 23.3 Å². The summed E-state index contributed by atoms with van der Waals surface area (Å²) in [5.74, 6) is -0.532. The summed E-state index contributed by atoms with van der Waals surface area (Å²) in [5.41, 5.74) is 1.40. The summed E-state index contributed by atoms with van der Waals surface area (Å²) in [4.78, 5) is 25.3. The van der Waals surface area contributed by atoms with Gasteiger partial charge in [-0.1, -0.05) is 24.4 Å². The molecule has 2 aromatic carbocycles. The number of anilines is 2. The molecule has 1 amide bonds. The SMILES string of the molecule is O=C(Nc1ccc(N2CCCCCC2)cc1)c1ccc(Cl)cc1[N+](=O)[O-]. The molecule has 1 saturated heterocycles. The van der Waals surface area contributed by atoms with E-state index in [1.807, 2.05) is 24.3 Å². The van der Waals surface area contributed by atoms with Gasteiger partial charge in [0.2, 0.25) is 0 Å². The van der Waals surface area contributed by atoms with E-state index in [-0.39, 0.29) is 16.3 Å². The summed E-state index contributed by atoms with van der Waals surface area (Å²) in [7, 11) is 0. The average Bonchev–Trinajstić information content (AvgIpc) is 2.91. The van der Waals surface area contributed by atoms with E-state index in [0.717, 1.165) is 18.8 Å². The van der Waals surface area contributed by atoms with E-state index in [0.29, 0.717) is 5.69 Å². The van der Waals surface area contributed by atoms with Gasteiger partial charge in [-0.15, -0.1) is 0 Å². The molecule has 0 aliphatic carbocycles. The number of amides is 1. The second kappa shape index (κ2) is 8.19.